The van der Waals surface area contributed by atoms with Crippen molar-refractivity contribution in [2.24, 2.45) is 0 Å². The molecule has 0 aliphatic carbocycles. The molecule has 262 valence electrons. The Hall–Kier alpha value is -7.28. The van der Waals surface area contributed by atoms with Crippen LogP contribution in [0.5, 0.6) is 0 Å². The lowest BCUT2D eigenvalue weighted by molar-refractivity contribution is 0.670. The summed E-state index contributed by atoms with van der Waals surface area (Å²) in [5.41, 5.74) is 11.4. The van der Waals surface area contributed by atoms with Crippen LogP contribution in [0.2, 0.25) is 0 Å². The number of benzene rings is 7. The van der Waals surface area contributed by atoms with Crippen molar-refractivity contribution in [3.05, 3.63) is 182 Å². The van der Waals surface area contributed by atoms with Gasteiger partial charge < -0.3 is 4.42 Å². The molecule has 0 aliphatic rings. The minimum Gasteiger partial charge on any atom is -0.455 e. The van der Waals surface area contributed by atoms with Gasteiger partial charge in [-0.25, -0.2) is 19.9 Å². The van der Waals surface area contributed by atoms with E-state index in [-0.39, 0.29) is 0 Å². The van der Waals surface area contributed by atoms with Crippen molar-refractivity contribution in [3.63, 3.8) is 0 Å². The van der Waals surface area contributed by atoms with Gasteiger partial charge in [0.2, 0.25) is 0 Å². The predicted molar refractivity (Wildman–Crippen MR) is 230 cm³/mol. The number of rotatable bonds is 6. The molecule has 0 bridgehead atoms. The van der Waals surface area contributed by atoms with Gasteiger partial charge in [0.25, 0.3) is 0 Å². The second kappa shape index (κ2) is 13.2. The molecule has 0 spiro atoms. The monoisotopic (exact) mass is 734 g/mol. The average molecular weight is 735 g/mol. The van der Waals surface area contributed by atoms with Gasteiger partial charge in [0.15, 0.2) is 11.6 Å². The molecule has 56 heavy (non-hydrogen) atoms. The fraction of sp³-hybridized carbons (Fsp3) is 0. The van der Waals surface area contributed by atoms with E-state index in [1.165, 1.54) is 20.2 Å². The minimum atomic E-state index is 0.633. The Balaban J connectivity index is 1.04. The molecule has 4 aromatic heterocycles. The molecule has 0 amide bonds. The van der Waals surface area contributed by atoms with E-state index in [0.717, 1.165) is 77.8 Å². The number of nitrogens with zero attached hydrogens (tertiary/aromatic N) is 4. The summed E-state index contributed by atoms with van der Waals surface area (Å²) < 4.78 is 9.28. The molecule has 11 aromatic rings. The maximum absolute atomic E-state index is 6.74. The van der Waals surface area contributed by atoms with Crippen LogP contribution >= 0.6 is 11.3 Å². The molecule has 6 heteroatoms. The summed E-state index contributed by atoms with van der Waals surface area (Å²) in [6, 6.07) is 58.7. The molecular weight excluding hydrogens is 705 g/mol. The van der Waals surface area contributed by atoms with E-state index in [9.17, 15) is 0 Å². The van der Waals surface area contributed by atoms with Crippen LogP contribution in [0.15, 0.2) is 187 Å². The molecule has 0 radical (unpaired) electrons. The van der Waals surface area contributed by atoms with E-state index < -0.39 is 0 Å². The number of hydrogen-bond acceptors (Lipinski definition) is 6. The lowest BCUT2D eigenvalue weighted by Crippen LogP contribution is -1.97. The second-order valence-corrected chi connectivity index (χ2v) is 14.9. The fourth-order valence-corrected chi connectivity index (χ4v) is 8.80. The van der Waals surface area contributed by atoms with Gasteiger partial charge in [-0.2, -0.15) is 0 Å². The molecule has 5 nitrogen and oxygen atoms in total. The molecular formula is C50H30N4OS. The highest BCUT2D eigenvalue weighted by atomic mass is 32.1. The van der Waals surface area contributed by atoms with Crippen molar-refractivity contribution >= 4 is 53.4 Å². The Morgan fingerprint density at radius 3 is 1.79 bits per heavy atom. The topological polar surface area (TPSA) is 64.7 Å². The standard InChI is InChI=1S/C50H30N4OS/c1-3-11-31(12-4-1)36-29-51-49(52-30-36)33-19-21-34(22-20-33)50-53-42(32-13-5-2-6-14-32)28-43(54-50)40-26-25-37(48-47(40)41-16-7-9-17-44(41)55-48)35-23-24-39-38-15-8-10-18-45(38)56-46(39)27-35/h1-30H. The minimum absolute atomic E-state index is 0.633. The van der Waals surface area contributed by atoms with E-state index in [4.69, 9.17) is 14.4 Å². The third kappa shape index (κ3) is 5.54. The summed E-state index contributed by atoms with van der Waals surface area (Å²) in [6.45, 7) is 0. The van der Waals surface area contributed by atoms with Crippen molar-refractivity contribution in [2.45, 2.75) is 0 Å². The largest absolute Gasteiger partial charge is 0.455 e. The van der Waals surface area contributed by atoms with Crippen LogP contribution in [-0.2, 0) is 0 Å². The highest BCUT2D eigenvalue weighted by Gasteiger charge is 2.20. The maximum atomic E-state index is 6.74. The zero-order valence-electron chi connectivity index (χ0n) is 29.9. The van der Waals surface area contributed by atoms with Gasteiger partial charge >= 0.3 is 0 Å². The summed E-state index contributed by atoms with van der Waals surface area (Å²) in [5.74, 6) is 1.30. The summed E-state index contributed by atoms with van der Waals surface area (Å²) in [6.07, 6.45) is 3.75. The van der Waals surface area contributed by atoms with Gasteiger partial charge in [0, 0.05) is 76.7 Å². The van der Waals surface area contributed by atoms with Gasteiger partial charge in [0.1, 0.15) is 11.2 Å². The molecule has 0 saturated carbocycles. The summed E-state index contributed by atoms with van der Waals surface area (Å²) >= 11 is 1.82. The molecule has 0 aliphatic heterocycles. The Morgan fingerprint density at radius 1 is 0.393 bits per heavy atom. The summed E-state index contributed by atoms with van der Waals surface area (Å²) in [4.78, 5) is 19.8. The first-order valence-electron chi connectivity index (χ1n) is 18.5. The molecule has 0 atom stereocenters. The zero-order chi connectivity index (χ0) is 37.0. The maximum Gasteiger partial charge on any atom is 0.160 e. The first-order chi connectivity index (χ1) is 27.7. The van der Waals surface area contributed by atoms with Crippen molar-refractivity contribution in [1.82, 2.24) is 19.9 Å². The highest BCUT2D eigenvalue weighted by Crippen LogP contribution is 2.44. The normalized spacial score (nSPS) is 11.6. The quantitative estimate of drug-likeness (QED) is 0.170. The van der Waals surface area contributed by atoms with E-state index >= 15 is 0 Å². The molecule has 0 fully saturated rings. The fourth-order valence-electron chi connectivity index (χ4n) is 7.66. The van der Waals surface area contributed by atoms with Gasteiger partial charge in [-0.1, -0.05) is 140 Å². The molecule has 11 rings (SSSR count). The van der Waals surface area contributed by atoms with Crippen molar-refractivity contribution in [2.75, 3.05) is 0 Å². The van der Waals surface area contributed by atoms with E-state index in [0.29, 0.717) is 11.6 Å². The van der Waals surface area contributed by atoms with E-state index in [1.54, 1.807) is 0 Å². The number of para-hydroxylation sites is 1. The van der Waals surface area contributed by atoms with E-state index in [2.05, 4.69) is 107 Å². The van der Waals surface area contributed by atoms with Crippen LogP contribution < -0.4 is 0 Å². The van der Waals surface area contributed by atoms with E-state index in [1.807, 2.05) is 96.5 Å². The average Bonchev–Trinajstić information content (AvgIpc) is 3.85. The summed E-state index contributed by atoms with van der Waals surface area (Å²) in [7, 11) is 0. The Labute approximate surface area is 326 Å². The van der Waals surface area contributed by atoms with Crippen LogP contribution in [-0.4, -0.2) is 19.9 Å². The van der Waals surface area contributed by atoms with Crippen LogP contribution in [0, 0.1) is 0 Å². The SMILES string of the molecule is c1ccc(-c2cnc(-c3ccc(-c4nc(-c5ccccc5)cc(-c5ccc(-c6ccc7c(c6)sc6ccccc67)c6oc7ccccc7c56)n4)cc3)nc2)cc1. The number of thiophene rings is 1. The van der Waals surface area contributed by atoms with Gasteiger partial charge in [-0.15, -0.1) is 11.3 Å². The molecule has 7 aromatic carbocycles. The second-order valence-electron chi connectivity index (χ2n) is 13.8. The van der Waals surface area contributed by atoms with Crippen LogP contribution in [0.3, 0.4) is 0 Å². The number of aromatic nitrogens is 4. The molecule has 0 unspecified atom stereocenters. The smallest absolute Gasteiger partial charge is 0.160 e. The van der Waals surface area contributed by atoms with Crippen LogP contribution in [0.1, 0.15) is 0 Å². The van der Waals surface area contributed by atoms with Crippen molar-refractivity contribution < 1.29 is 4.42 Å². The summed E-state index contributed by atoms with van der Waals surface area (Å²) in [5, 5.41) is 4.64. The van der Waals surface area contributed by atoms with Gasteiger partial charge in [0.05, 0.1) is 11.4 Å². The first-order valence-corrected chi connectivity index (χ1v) is 19.3. The lowest BCUT2D eigenvalue weighted by Gasteiger charge is -2.12. The molecule has 0 saturated heterocycles. The lowest BCUT2D eigenvalue weighted by atomic mass is 9.95. The Kier molecular flexibility index (Phi) is 7.60. The van der Waals surface area contributed by atoms with Gasteiger partial charge in [-0.05, 0) is 41.5 Å². The number of furan rings is 1. The van der Waals surface area contributed by atoms with Crippen molar-refractivity contribution in [3.8, 4) is 67.5 Å². The molecule has 4 heterocycles. The number of hydrogen-bond donors (Lipinski definition) is 0. The highest BCUT2D eigenvalue weighted by molar-refractivity contribution is 7.25. The third-order valence-corrected chi connectivity index (χ3v) is 11.6. The number of fused-ring (bicyclic) bond motifs is 6. The van der Waals surface area contributed by atoms with Crippen LogP contribution in [0.25, 0.3) is 110 Å². The Morgan fingerprint density at radius 2 is 1.00 bits per heavy atom. The van der Waals surface area contributed by atoms with Crippen molar-refractivity contribution in [1.29, 1.82) is 0 Å². The third-order valence-electron chi connectivity index (χ3n) is 10.4. The van der Waals surface area contributed by atoms with Crippen LogP contribution in [0.4, 0.5) is 0 Å². The van der Waals surface area contributed by atoms with Gasteiger partial charge in [-0.3, -0.25) is 0 Å². The molecule has 0 N–H and O–H groups in total. The zero-order valence-corrected chi connectivity index (χ0v) is 30.7. The first kappa shape index (κ1) is 32.2. The Bertz CT molecular complexity index is 3230. The predicted octanol–water partition coefficient (Wildman–Crippen LogP) is 13.5.